The summed E-state index contributed by atoms with van der Waals surface area (Å²) in [4.78, 5) is 23.2. The fourth-order valence-corrected chi connectivity index (χ4v) is 4.56. The Morgan fingerprint density at radius 1 is 1.24 bits per heavy atom. The molecule has 9 nitrogen and oxygen atoms in total. The normalized spacial score (nSPS) is 13.2. The molecular weight excluding hydrogens is 420 g/mol. The molecule has 0 fully saturated rings. The zero-order chi connectivity index (χ0) is 21.7. The van der Waals surface area contributed by atoms with Gasteiger partial charge in [0.25, 0.3) is 15.9 Å². The number of nitrogens with zero attached hydrogens (tertiary/aromatic N) is 1. The molecule has 11 heteroatoms. The molecule has 0 aliphatic rings. The van der Waals surface area contributed by atoms with Gasteiger partial charge < -0.3 is 19.9 Å². The summed E-state index contributed by atoms with van der Waals surface area (Å²) >= 11 is 1.13. The Bertz CT molecular complexity index is 939. The molecule has 1 aromatic carbocycles. The summed E-state index contributed by atoms with van der Waals surface area (Å²) in [5.74, 6) is -1.06. The van der Waals surface area contributed by atoms with Crippen molar-refractivity contribution in [2.24, 2.45) is 0 Å². The van der Waals surface area contributed by atoms with Crippen molar-refractivity contribution in [2.75, 3.05) is 31.6 Å². The molecule has 2 rings (SSSR count). The quantitative estimate of drug-likeness (QED) is 0.555. The molecule has 0 saturated carbocycles. The van der Waals surface area contributed by atoms with Crippen molar-refractivity contribution in [1.29, 1.82) is 0 Å². The number of hydrogen-bond acceptors (Lipinski definition) is 8. The van der Waals surface area contributed by atoms with E-state index in [0.717, 1.165) is 22.8 Å². The highest BCUT2D eigenvalue weighted by Gasteiger charge is 2.31. The third-order valence-electron chi connectivity index (χ3n) is 3.94. The first-order valence-corrected chi connectivity index (χ1v) is 10.7. The molecule has 29 heavy (non-hydrogen) atoms. The van der Waals surface area contributed by atoms with Crippen molar-refractivity contribution in [2.45, 2.75) is 16.7 Å². The number of ether oxygens (including phenoxy) is 2. The summed E-state index contributed by atoms with van der Waals surface area (Å²) < 4.78 is 36.2. The second-order valence-corrected chi connectivity index (χ2v) is 9.37. The van der Waals surface area contributed by atoms with Gasteiger partial charge in [0.15, 0.2) is 12.2 Å². The Morgan fingerprint density at radius 3 is 2.45 bits per heavy atom. The van der Waals surface area contributed by atoms with Crippen molar-refractivity contribution in [3.63, 3.8) is 0 Å². The summed E-state index contributed by atoms with van der Waals surface area (Å²) in [6, 6.07) is 9.38. The summed E-state index contributed by atoms with van der Waals surface area (Å²) in [5, 5.41) is 13.9. The van der Waals surface area contributed by atoms with E-state index in [1.165, 1.54) is 32.2 Å². The van der Waals surface area contributed by atoms with Gasteiger partial charge >= 0.3 is 5.97 Å². The number of methoxy groups -OCH3 is 1. The third kappa shape index (κ3) is 5.68. The molecule has 0 aliphatic carbocycles. The maximum absolute atomic E-state index is 12.5. The lowest BCUT2D eigenvalue weighted by Crippen LogP contribution is -2.48. The van der Waals surface area contributed by atoms with Crippen LogP contribution in [0.4, 0.5) is 5.69 Å². The number of benzene rings is 1. The minimum atomic E-state index is -3.63. The van der Waals surface area contributed by atoms with E-state index in [0.29, 0.717) is 11.4 Å². The van der Waals surface area contributed by atoms with Crippen molar-refractivity contribution in [3.05, 3.63) is 41.8 Å². The van der Waals surface area contributed by atoms with Crippen molar-refractivity contribution in [1.82, 2.24) is 5.32 Å². The van der Waals surface area contributed by atoms with Crippen molar-refractivity contribution in [3.8, 4) is 5.75 Å². The molecule has 2 N–H and O–H groups in total. The highest BCUT2D eigenvalue weighted by atomic mass is 32.2. The Morgan fingerprint density at radius 2 is 1.90 bits per heavy atom. The Labute approximate surface area is 172 Å². The lowest BCUT2D eigenvalue weighted by molar-refractivity contribution is -0.160. The smallest absolute Gasteiger partial charge is 0.339 e. The molecule has 0 aliphatic heterocycles. The molecule has 1 heterocycles. The van der Waals surface area contributed by atoms with Crippen LogP contribution in [0, 0.1) is 0 Å². The highest BCUT2D eigenvalue weighted by molar-refractivity contribution is 7.94. The highest BCUT2D eigenvalue weighted by Crippen LogP contribution is 2.26. The number of aliphatic hydroxyl groups is 1. The van der Waals surface area contributed by atoms with Gasteiger partial charge in [-0.05, 0) is 42.6 Å². The SMILES string of the molecule is COC(=O)C(C)(O)CNC(=O)COc1ccc(N(C)S(=O)(=O)c2cccs2)cc1. The number of carbonyl (C=O) groups is 2. The second-order valence-electron chi connectivity index (χ2n) is 6.23. The van der Waals surface area contributed by atoms with Gasteiger partial charge in [-0.15, -0.1) is 11.3 Å². The number of thiophene rings is 1. The fourth-order valence-electron chi connectivity index (χ4n) is 2.20. The first kappa shape index (κ1) is 22.7. The molecule has 158 valence electrons. The van der Waals surface area contributed by atoms with Crippen LogP contribution < -0.4 is 14.4 Å². The van der Waals surface area contributed by atoms with E-state index in [-0.39, 0.29) is 17.4 Å². The van der Waals surface area contributed by atoms with Crippen molar-refractivity contribution >= 4 is 38.9 Å². The number of hydrogen-bond donors (Lipinski definition) is 2. The lowest BCUT2D eigenvalue weighted by Gasteiger charge is -2.20. The Hall–Kier alpha value is -2.63. The number of carbonyl (C=O) groups excluding carboxylic acids is 2. The van der Waals surface area contributed by atoms with Crippen LogP contribution in [0.1, 0.15) is 6.92 Å². The van der Waals surface area contributed by atoms with Crippen LogP contribution in [0.3, 0.4) is 0 Å². The molecule has 1 aromatic heterocycles. The standard InChI is InChI=1S/C18H22N2O7S2/c1-18(23,17(22)26-3)12-19-15(21)11-27-14-8-6-13(7-9-14)20(2)29(24,25)16-5-4-10-28-16/h4-10,23H,11-12H2,1-3H3,(H,19,21). The number of nitrogens with one attached hydrogen (secondary N) is 1. The first-order valence-electron chi connectivity index (χ1n) is 8.41. The minimum Gasteiger partial charge on any atom is -0.484 e. The average molecular weight is 443 g/mol. The van der Waals surface area contributed by atoms with Gasteiger partial charge in [-0.3, -0.25) is 9.10 Å². The zero-order valence-electron chi connectivity index (χ0n) is 16.1. The van der Waals surface area contributed by atoms with E-state index in [4.69, 9.17) is 4.74 Å². The van der Waals surface area contributed by atoms with E-state index >= 15 is 0 Å². The van der Waals surface area contributed by atoms with Gasteiger partial charge in [-0.25, -0.2) is 13.2 Å². The van der Waals surface area contributed by atoms with E-state index in [9.17, 15) is 23.1 Å². The van der Waals surface area contributed by atoms with E-state index < -0.39 is 27.5 Å². The molecule has 1 atom stereocenters. The summed E-state index contributed by atoms with van der Waals surface area (Å²) in [6.07, 6.45) is 0. The molecule has 0 bridgehead atoms. The molecule has 2 aromatic rings. The van der Waals surface area contributed by atoms with Gasteiger partial charge in [-0.2, -0.15) is 0 Å². The lowest BCUT2D eigenvalue weighted by atomic mass is 10.1. The first-order chi connectivity index (χ1) is 13.6. The van der Waals surface area contributed by atoms with E-state index in [1.54, 1.807) is 23.6 Å². The van der Waals surface area contributed by atoms with Gasteiger partial charge in [0.1, 0.15) is 9.96 Å². The number of esters is 1. The minimum absolute atomic E-state index is 0.236. The van der Waals surface area contributed by atoms with Crippen LogP contribution in [0.5, 0.6) is 5.75 Å². The van der Waals surface area contributed by atoms with Crippen molar-refractivity contribution < 1.29 is 32.6 Å². The van der Waals surface area contributed by atoms with Crippen LogP contribution in [0.15, 0.2) is 46.0 Å². The molecule has 0 saturated heterocycles. The Kier molecular flexibility index (Phi) is 7.22. The topological polar surface area (TPSA) is 122 Å². The fraction of sp³-hybridized carbons (Fsp3) is 0.333. The largest absolute Gasteiger partial charge is 0.484 e. The van der Waals surface area contributed by atoms with Crippen LogP contribution in [0.2, 0.25) is 0 Å². The molecule has 0 radical (unpaired) electrons. The number of sulfonamides is 1. The number of anilines is 1. The van der Waals surface area contributed by atoms with Crippen LogP contribution in [-0.4, -0.2) is 58.3 Å². The van der Waals surface area contributed by atoms with Gasteiger partial charge in [-0.1, -0.05) is 6.07 Å². The van der Waals surface area contributed by atoms with Gasteiger partial charge in [0, 0.05) is 7.05 Å². The van der Waals surface area contributed by atoms with Gasteiger partial charge in [0.05, 0.1) is 19.3 Å². The van der Waals surface area contributed by atoms with Gasteiger partial charge in [0.2, 0.25) is 0 Å². The Balaban J connectivity index is 1.91. The molecule has 1 unspecified atom stereocenters. The van der Waals surface area contributed by atoms with Crippen LogP contribution >= 0.6 is 11.3 Å². The zero-order valence-corrected chi connectivity index (χ0v) is 17.7. The monoisotopic (exact) mass is 442 g/mol. The van der Waals surface area contributed by atoms with E-state index in [1.807, 2.05) is 0 Å². The molecular formula is C18H22N2O7S2. The van der Waals surface area contributed by atoms with E-state index in [2.05, 4.69) is 10.1 Å². The summed E-state index contributed by atoms with van der Waals surface area (Å²) in [5.41, 5.74) is -1.41. The molecule has 0 spiro atoms. The number of rotatable bonds is 9. The average Bonchev–Trinajstić information content (AvgIpc) is 3.25. The van der Waals surface area contributed by atoms with Crippen LogP contribution in [-0.2, 0) is 24.3 Å². The maximum atomic E-state index is 12.5. The third-order valence-corrected chi connectivity index (χ3v) is 7.09. The summed E-state index contributed by atoms with van der Waals surface area (Å²) in [6.45, 7) is 0.547. The molecule has 1 amide bonds. The predicted molar refractivity (Wildman–Crippen MR) is 107 cm³/mol. The second kappa shape index (κ2) is 9.25. The number of amides is 1. The maximum Gasteiger partial charge on any atom is 0.339 e. The summed E-state index contributed by atoms with van der Waals surface area (Å²) in [7, 11) is -1.05. The predicted octanol–water partition coefficient (Wildman–Crippen LogP) is 0.992. The van der Waals surface area contributed by atoms with Crippen LogP contribution in [0.25, 0.3) is 0 Å².